The van der Waals surface area contributed by atoms with Crippen LogP contribution >= 0.6 is 0 Å². The maximum atomic E-state index is 14.5. The first-order valence-electron chi connectivity index (χ1n) is 14.2. The summed E-state index contributed by atoms with van der Waals surface area (Å²) in [7, 11) is 0. The number of nitrogens with zero attached hydrogens (tertiary/aromatic N) is 5. The molecule has 1 saturated heterocycles. The molecule has 12 heteroatoms. The first-order chi connectivity index (χ1) is 20.1. The number of likely N-dealkylation sites (tertiary alicyclic amines) is 1. The largest absolute Gasteiger partial charge is 0.389 e. The van der Waals surface area contributed by atoms with Crippen molar-refractivity contribution < 1.29 is 19.1 Å². The number of halogens is 1. The van der Waals surface area contributed by atoms with Gasteiger partial charge in [0, 0.05) is 18.7 Å². The molecule has 1 aromatic heterocycles. The Morgan fingerprint density at radius 2 is 1.95 bits per heavy atom. The maximum Gasteiger partial charge on any atom is 0.251 e. The van der Waals surface area contributed by atoms with Gasteiger partial charge in [0.1, 0.15) is 11.9 Å². The number of aromatic nitrogens is 4. The van der Waals surface area contributed by atoms with E-state index < -0.39 is 17.1 Å². The molecule has 3 aromatic rings. The first-order valence-corrected chi connectivity index (χ1v) is 14.2. The second kappa shape index (κ2) is 12.0. The van der Waals surface area contributed by atoms with Crippen LogP contribution in [0.2, 0.25) is 0 Å². The number of rotatable bonds is 9. The van der Waals surface area contributed by atoms with E-state index in [-0.39, 0.29) is 30.7 Å². The summed E-state index contributed by atoms with van der Waals surface area (Å²) in [6.45, 7) is 4.38. The van der Waals surface area contributed by atoms with Crippen LogP contribution in [-0.4, -0.2) is 80.3 Å². The summed E-state index contributed by atoms with van der Waals surface area (Å²) in [5.74, 6) is -0.315. The molecule has 11 nitrogen and oxygen atoms in total. The molecule has 4 N–H and O–H groups in total. The van der Waals surface area contributed by atoms with Crippen molar-refractivity contribution in [3.05, 3.63) is 75.9 Å². The number of nitriles is 1. The minimum atomic E-state index is -1.06. The number of hydrogen-bond acceptors (Lipinski definition) is 8. The molecule has 5 rings (SSSR count). The summed E-state index contributed by atoms with van der Waals surface area (Å²) in [5.41, 5.74) is 1.88. The van der Waals surface area contributed by atoms with Crippen molar-refractivity contribution in [1.82, 2.24) is 36.2 Å². The number of hydrogen-bond donors (Lipinski definition) is 4. The molecule has 1 aliphatic carbocycles. The van der Waals surface area contributed by atoms with Crippen molar-refractivity contribution in [2.24, 2.45) is 0 Å². The Morgan fingerprint density at radius 3 is 2.64 bits per heavy atom. The molecule has 2 aromatic carbocycles. The summed E-state index contributed by atoms with van der Waals surface area (Å²) in [6, 6.07) is 12.0. The van der Waals surface area contributed by atoms with Crippen LogP contribution in [0.3, 0.4) is 0 Å². The van der Waals surface area contributed by atoms with Gasteiger partial charge in [0.15, 0.2) is 5.82 Å². The van der Waals surface area contributed by atoms with Crippen LogP contribution in [0.1, 0.15) is 71.5 Å². The Labute approximate surface area is 243 Å². The van der Waals surface area contributed by atoms with Crippen LogP contribution < -0.4 is 10.6 Å². The van der Waals surface area contributed by atoms with Gasteiger partial charge in [-0.15, -0.1) is 5.10 Å². The standard InChI is InChI=1S/C30H35FN8O3/c1-29(2,42)18-34-27(41)21-7-9-24-19(14-21)5-6-20-15-22(31)8-10-25(20)30(24,28-35-37-38-36-28)11-12-33-17-26(40)39-13-3-4-23(39)16-32/h7-10,14-15,23,33,42H,3-6,11-13,17-18H2,1-2H3,(H,34,41)(H,35,36,37,38). The molecule has 2 aliphatic rings. The second-order valence-electron chi connectivity index (χ2n) is 11.6. The number of benzene rings is 2. The molecule has 0 radical (unpaired) electrons. The molecule has 1 aliphatic heterocycles. The third kappa shape index (κ3) is 5.89. The summed E-state index contributed by atoms with van der Waals surface area (Å²) >= 11 is 0. The molecular weight excluding hydrogens is 539 g/mol. The predicted octanol–water partition coefficient (Wildman–Crippen LogP) is 1.77. The van der Waals surface area contributed by atoms with Gasteiger partial charge < -0.3 is 20.6 Å². The number of nitrogens with one attached hydrogen (secondary N) is 3. The fraction of sp³-hybridized carbons (Fsp3) is 0.467. The van der Waals surface area contributed by atoms with Crippen molar-refractivity contribution in [2.45, 2.75) is 63.0 Å². The van der Waals surface area contributed by atoms with Crippen molar-refractivity contribution in [3.63, 3.8) is 0 Å². The molecular formula is C30H35FN8O3. The highest BCUT2D eigenvalue weighted by Crippen LogP contribution is 2.46. The van der Waals surface area contributed by atoms with E-state index in [0.29, 0.717) is 50.2 Å². The zero-order valence-corrected chi connectivity index (χ0v) is 23.8. The number of carbonyl (C=O) groups is 2. The predicted molar refractivity (Wildman–Crippen MR) is 151 cm³/mol. The van der Waals surface area contributed by atoms with Crippen LogP contribution in [0.25, 0.3) is 0 Å². The van der Waals surface area contributed by atoms with E-state index in [2.05, 4.69) is 37.3 Å². The summed E-state index contributed by atoms with van der Waals surface area (Å²) in [6.07, 6.45) is 3.01. The lowest BCUT2D eigenvalue weighted by molar-refractivity contribution is -0.130. The lowest BCUT2D eigenvalue weighted by Crippen LogP contribution is -2.42. The molecule has 42 heavy (non-hydrogen) atoms. The van der Waals surface area contributed by atoms with E-state index in [0.717, 1.165) is 28.7 Å². The maximum absolute atomic E-state index is 14.5. The summed E-state index contributed by atoms with van der Waals surface area (Å²) < 4.78 is 14.5. The number of H-pyrrole nitrogens is 1. The number of amides is 2. The van der Waals surface area contributed by atoms with E-state index in [1.54, 1.807) is 30.9 Å². The van der Waals surface area contributed by atoms with Gasteiger partial charge in [-0.25, -0.2) is 9.49 Å². The normalized spacial score (nSPS) is 19.9. The molecule has 0 saturated carbocycles. The highest BCUT2D eigenvalue weighted by Gasteiger charge is 2.44. The Bertz CT molecular complexity index is 1500. The lowest BCUT2D eigenvalue weighted by atomic mass is 9.69. The van der Waals surface area contributed by atoms with Gasteiger partial charge in [-0.3, -0.25) is 9.59 Å². The van der Waals surface area contributed by atoms with Crippen molar-refractivity contribution >= 4 is 11.8 Å². The van der Waals surface area contributed by atoms with E-state index in [4.69, 9.17) is 0 Å². The molecule has 2 atom stereocenters. The molecule has 220 valence electrons. The van der Waals surface area contributed by atoms with Crippen molar-refractivity contribution in [2.75, 3.05) is 26.2 Å². The van der Waals surface area contributed by atoms with Crippen LogP contribution in [0, 0.1) is 17.1 Å². The van der Waals surface area contributed by atoms with Crippen LogP contribution in [0.15, 0.2) is 36.4 Å². The molecule has 0 bridgehead atoms. The lowest BCUT2D eigenvalue weighted by Gasteiger charge is -2.34. The van der Waals surface area contributed by atoms with Crippen molar-refractivity contribution in [1.29, 1.82) is 5.26 Å². The Hall–Kier alpha value is -4.21. The molecule has 2 heterocycles. The van der Waals surface area contributed by atoms with Gasteiger partial charge in [-0.2, -0.15) is 5.26 Å². The molecule has 1 fully saturated rings. The number of fused-ring (bicyclic) bond motifs is 2. The van der Waals surface area contributed by atoms with Gasteiger partial charge >= 0.3 is 0 Å². The fourth-order valence-corrected chi connectivity index (χ4v) is 6.11. The van der Waals surface area contributed by atoms with Crippen LogP contribution in [0.4, 0.5) is 4.39 Å². The molecule has 2 amide bonds. The van der Waals surface area contributed by atoms with Gasteiger partial charge in [0.2, 0.25) is 5.91 Å². The van der Waals surface area contributed by atoms with Crippen LogP contribution in [0.5, 0.6) is 0 Å². The Kier molecular flexibility index (Phi) is 8.34. The minimum Gasteiger partial charge on any atom is -0.389 e. The summed E-state index contributed by atoms with van der Waals surface area (Å²) in [4.78, 5) is 27.4. The number of aliphatic hydroxyl groups is 1. The van der Waals surface area contributed by atoms with E-state index in [9.17, 15) is 24.3 Å². The van der Waals surface area contributed by atoms with Crippen LogP contribution in [-0.2, 0) is 23.1 Å². The van der Waals surface area contributed by atoms with E-state index in [1.165, 1.54) is 12.1 Å². The quantitative estimate of drug-likeness (QED) is 0.281. The van der Waals surface area contributed by atoms with Gasteiger partial charge in [-0.1, -0.05) is 12.1 Å². The van der Waals surface area contributed by atoms with Gasteiger partial charge in [0.05, 0.1) is 23.6 Å². The second-order valence-corrected chi connectivity index (χ2v) is 11.6. The monoisotopic (exact) mass is 574 g/mol. The highest BCUT2D eigenvalue weighted by atomic mass is 19.1. The number of tetrazole rings is 1. The fourth-order valence-electron chi connectivity index (χ4n) is 6.11. The van der Waals surface area contributed by atoms with Crippen molar-refractivity contribution in [3.8, 4) is 6.07 Å². The zero-order chi connectivity index (χ0) is 29.9. The zero-order valence-electron chi connectivity index (χ0n) is 23.8. The van der Waals surface area contributed by atoms with Gasteiger partial charge in [0.25, 0.3) is 5.91 Å². The Morgan fingerprint density at radius 1 is 1.21 bits per heavy atom. The smallest absolute Gasteiger partial charge is 0.251 e. The number of aryl methyl sites for hydroxylation is 2. The number of aromatic amines is 1. The average Bonchev–Trinajstić information content (AvgIpc) is 3.66. The molecule has 2 unspecified atom stereocenters. The average molecular weight is 575 g/mol. The third-order valence-electron chi connectivity index (χ3n) is 8.12. The minimum absolute atomic E-state index is 0.0758. The SMILES string of the molecule is CC(C)(O)CNC(=O)c1ccc2c(c1)CCc1cc(F)ccc1C2(CCNCC(=O)N1CCCC1C#N)c1nnn[nH]1. The molecule has 0 spiro atoms. The van der Waals surface area contributed by atoms with Gasteiger partial charge in [-0.05, 0) is 109 Å². The highest BCUT2D eigenvalue weighted by molar-refractivity contribution is 5.94. The van der Waals surface area contributed by atoms with E-state index >= 15 is 0 Å². The number of carbonyl (C=O) groups excluding carboxylic acids is 2. The van der Waals surface area contributed by atoms with E-state index in [1.807, 2.05) is 12.1 Å². The topological polar surface area (TPSA) is 160 Å². The third-order valence-corrected chi connectivity index (χ3v) is 8.12. The summed E-state index contributed by atoms with van der Waals surface area (Å²) in [5, 5.41) is 40.4. The first kappa shape index (κ1) is 29.3. The Balaban J connectivity index is 1.49.